The first-order valence-electron chi connectivity index (χ1n) is 15.6. The van der Waals surface area contributed by atoms with Crippen LogP contribution in [0, 0.1) is 23.3 Å². The maximum atomic E-state index is 13.3. The third-order valence-electron chi connectivity index (χ3n) is 6.37. The van der Waals surface area contributed by atoms with Crippen molar-refractivity contribution in [2.45, 2.75) is 0 Å². The molecule has 0 saturated heterocycles. The summed E-state index contributed by atoms with van der Waals surface area (Å²) >= 11 is 0. The van der Waals surface area contributed by atoms with Crippen LogP contribution >= 0.6 is 0 Å². The molecule has 5 aromatic heterocycles. The van der Waals surface area contributed by atoms with Gasteiger partial charge in [-0.1, -0.05) is 30.3 Å². The second kappa shape index (κ2) is 24.3. The van der Waals surface area contributed by atoms with Crippen LogP contribution in [0.25, 0.3) is 22.5 Å². The van der Waals surface area contributed by atoms with Gasteiger partial charge in [0.05, 0.1) is 46.4 Å². The number of carbonyl (C=O) groups excluding carboxylic acids is 3. The first kappa shape index (κ1) is 45.1. The minimum atomic E-state index is -1.24. The summed E-state index contributed by atoms with van der Waals surface area (Å²) in [5, 5.41) is 30.1. The molecule has 0 spiro atoms. The molecular weight excluding hydrogens is 915 g/mol. The van der Waals surface area contributed by atoms with E-state index < -0.39 is 41.2 Å². The zero-order valence-corrected chi connectivity index (χ0v) is 30.9. The van der Waals surface area contributed by atoms with Crippen LogP contribution in [-0.4, -0.2) is 42.8 Å². The topological polar surface area (TPSA) is 185 Å². The minimum absolute atomic E-state index is 0. The van der Waals surface area contributed by atoms with Crippen molar-refractivity contribution < 1.29 is 67.4 Å². The summed E-state index contributed by atoms with van der Waals surface area (Å²) in [6.07, 6.45) is 7.36. The summed E-state index contributed by atoms with van der Waals surface area (Å²) in [4.78, 5) is 48.6. The number of pyridine rings is 5. The Labute approximate surface area is 330 Å². The molecule has 0 aliphatic rings. The summed E-state index contributed by atoms with van der Waals surface area (Å²) in [5.74, 6) is -6.07. The molecular formula is C40H26F4IrN5O6. The number of carboxylic acid groups (broad SMARTS) is 3. The van der Waals surface area contributed by atoms with Crippen LogP contribution in [0.4, 0.5) is 17.6 Å². The Balaban J connectivity index is 0.000000245. The van der Waals surface area contributed by atoms with Gasteiger partial charge >= 0.3 is 20.1 Å². The fourth-order valence-electron chi connectivity index (χ4n) is 3.89. The molecule has 0 unspecified atom stereocenters. The van der Waals surface area contributed by atoms with E-state index >= 15 is 0 Å². The molecule has 0 aliphatic carbocycles. The Morgan fingerprint density at radius 1 is 0.393 bits per heavy atom. The first-order chi connectivity index (χ1) is 26.5. The van der Waals surface area contributed by atoms with Crippen LogP contribution in [0.2, 0.25) is 0 Å². The normalized spacial score (nSPS) is 9.36. The third-order valence-corrected chi connectivity index (χ3v) is 6.37. The van der Waals surface area contributed by atoms with Crippen LogP contribution < -0.4 is 15.3 Å². The minimum Gasteiger partial charge on any atom is -0.543 e. The summed E-state index contributed by atoms with van der Waals surface area (Å²) in [6, 6.07) is 31.1. The van der Waals surface area contributed by atoms with Crippen molar-refractivity contribution in [3.63, 3.8) is 0 Å². The van der Waals surface area contributed by atoms with Crippen LogP contribution in [0.15, 0.2) is 158 Å². The second-order valence-corrected chi connectivity index (χ2v) is 10.2. The van der Waals surface area contributed by atoms with Crippen molar-refractivity contribution >= 4 is 17.9 Å². The number of aromatic carboxylic acids is 3. The predicted octanol–water partition coefficient (Wildman–Crippen LogP) is 4.39. The van der Waals surface area contributed by atoms with E-state index in [-0.39, 0.29) is 37.2 Å². The Morgan fingerprint density at radius 3 is 0.875 bits per heavy atom. The van der Waals surface area contributed by atoms with E-state index in [1.807, 2.05) is 0 Å². The number of carboxylic acids is 3. The molecule has 0 N–H and O–H groups in total. The molecule has 0 bridgehead atoms. The molecule has 0 atom stereocenters. The van der Waals surface area contributed by atoms with Gasteiger partial charge < -0.3 is 29.7 Å². The Hall–Kier alpha value is -7.03. The summed E-state index contributed by atoms with van der Waals surface area (Å²) in [5.41, 5.74) is 1.54. The number of halogens is 4. The van der Waals surface area contributed by atoms with E-state index in [0.717, 1.165) is 12.1 Å². The molecule has 0 saturated carbocycles. The molecule has 11 nitrogen and oxygen atoms in total. The molecule has 0 amide bonds. The molecule has 0 aliphatic heterocycles. The van der Waals surface area contributed by atoms with E-state index in [9.17, 15) is 47.3 Å². The van der Waals surface area contributed by atoms with E-state index in [4.69, 9.17) is 0 Å². The first-order valence-corrected chi connectivity index (χ1v) is 15.6. The van der Waals surface area contributed by atoms with E-state index in [1.165, 1.54) is 61.1 Å². The van der Waals surface area contributed by atoms with Gasteiger partial charge in [0, 0.05) is 54.2 Å². The van der Waals surface area contributed by atoms with Gasteiger partial charge in [-0.2, -0.15) is 0 Å². The average molecular weight is 941 g/mol. The number of aromatic nitrogens is 5. The van der Waals surface area contributed by atoms with E-state index in [2.05, 4.69) is 24.9 Å². The number of hydrogen-bond donors (Lipinski definition) is 0. The molecule has 16 heteroatoms. The van der Waals surface area contributed by atoms with Crippen LogP contribution in [0.3, 0.4) is 0 Å². The predicted molar refractivity (Wildman–Crippen MR) is 185 cm³/mol. The number of nitrogens with zero attached hydrogens (tertiary/aromatic N) is 5. The van der Waals surface area contributed by atoms with Gasteiger partial charge in [0.25, 0.3) is 0 Å². The molecule has 7 aromatic rings. The zero-order valence-electron chi connectivity index (χ0n) is 28.5. The molecule has 56 heavy (non-hydrogen) atoms. The number of benzene rings is 2. The zero-order chi connectivity index (χ0) is 40.0. The third kappa shape index (κ3) is 15.9. The van der Waals surface area contributed by atoms with Gasteiger partial charge in [-0.25, -0.2) is 17.6 Å². The van der Waals surface area contributed by atoms with E-state index in [1.54, 1.807) is 85.2 Å². The van der Waals surface area contributed by atoms with Crippen LogP contribution in [0.1, 0.15) is 31.5 Å². The average Bonchev–Trinajstić information content (AvgIpc) is 3.20. The monoisotopic (exact) mass is 941 g/mol. The van der Waals surface area contributed by atoms with Crippen molar-refractivity contribution in [3.05, 3.63) is 199 Å². The van der Waals surface area contributed by atoms with Gasteiger partial charge in [-0.15, -0.1) is 0 Å². The Morgan fingerprint density at radius 2 is 0.679 bits per heavy atom. The summed E-state index contributed by atoms with van der Waals surface area (Å²) < 4.78 is 51.7. The maximum absolute atomic E-state index is 13.3. The molecule has 0 fully saturated rings. The molecule has 2 aromatic carbocycles. The van der Waals surface area contributed by atoms with Crippen LogP contribution in [-0.2, 0) is 20.1 Å². The molecule has 5 heterocycles. The van der Waals surface area contributed by atoms with Crippen molar-refractivity contribution in [2.24, 2.45) is 0 Å². The fraction of sp³-hybridized carbons (Fsp3) is 0. The van der Waals surface area contributed by atoms with Gasteiger partial charge in [0.2, 0.25) is 0 Å². The van der Waals surface area contributed by atoms with Crippen molar-refractivity contribution in [1.29, 1.82) is 0 Å². The van der Waals surface area contributed by atoms with Gasteiger partial charge in [-0.3, -0.25) is 24.9 Å². The van der Waals surface area contributed by atoms with Gasteiger partial charge in [0.15, 0.2) is 0 Å². The molecule has 0 radical (unpaired) electrons. The molecule has 284 valence electrons. The quantitative estimate of drug-likeness (QED) is 0.223. The summed E-state index contributed by atoms with van der Waals surface area (Å²) in [6.45, 7) is 0. The van der Waals surface area contributed by atoms with Crippen molar-refractivity contribution in [3.8, 4) is 22.5 Å². The second-order valence-electron chi connectivity index (χ2n) is 10.2. The smallest absolute Gasteiger partial charge is 0.543 e. The van der Waals surface area contributed by atoms with Crippen LogP contribution in [0.5, 0.6) is 0 Å². The SMILES string of the molecule is Fc1ccc(-c2ccccn2)c(F)c1.Fc1ccc(-c2ccccn2)c(F)c1.O=C([O-])c1ccccn1.O=C([O-])c1ccccn1.O=C([O-])c1ccccn1.[Ir+3]. The van der Waals surface area contributed by atoms with Gasteiger partial charge in [0.1, 0.15) is 23.3 Å². The van der Waals surface area contributed by atoms with Crippen molar-refractivity contribution in [2.75, 3.05) is 0 Å². The number of hydrogen-bond acceptors (Lipinski definition) is 11. The van der Waals surface area contributed by atoms with E-state index in [0.29, 0.717) is 22.5 Å². The summed E-state index contributed by atoms with van der Waals surface area (Å²) in [7, 11) is 0. The number of carbonyl (C=O) groups is 3. The van der Waals surface area contributed by atoms with Gasteiger partial charge in [-0.05, 0) is 84.9 Å². The standard InChI is InChI=1S/2C11H7F2N.3C6H5NO2.Ir/c2*12-8-4-5-9(10(13)7-8)11-3-1-2-6-14-11;3*8-6(9)5-3-1-2-4-7-5;/h2*1-7H;3*1-4H,(H,8,9);/q;;;;;+3/p-3. The molecule has 7 rings (SSSR count). The maximum Gasteiger partial charge on any atom is 3.00 e. The largest absolute Gasteiger partial charge is 3.00 e. The van der Waals surface area contributed by atoms with Crippen molar-refractivity contribution in [1.82, 2.24) is 24.9 Å². The number of rotatable bonds is 5. The Kier molecular flexibility index (Phi) is 19.6. The fourth-order valence-corrected chi connectivity index (χ4v) is 3.89. The Bertz CT molecular complexity index is 2050.